The lowest BCUT2D eigenvalue weighted by molar-refractivity contribution is 0.0762. The standard InChI is InChI=1S/C22H21BrN2O2/c23-17-11-9-16(10-12-17)20-15-24-21(27-20)18-7-3-4-8-19(18)22(26)25-13-5-1-2-6-14-25/h3-4,7-12,15H,1-2,5-6,13-14H2. The Balaban J connectivity index is 1.65. The highest BCUT2D eigenvalue weighted by Crippen LogP contribution is 2.29. The highest BCUT2D eigenvalue weighted by Gasteiger charge is 2.22. The number of aromatic nitrogens is 1. The van der Waals surface area contributed by atoms with E-state index in [1.807, 2.05) is 53.4 Å². The Hall–Kier alpha value is -2.40. The molecule has 0 aliphatic carbocycles. The summed E-state index contributed by atoms with van der Waals surface area (Å²) >= 11 is 3.44. The van der Waals surface area contributed by atoms with Gasteiger partial charge in [0, 0.05) is 28.7 Å². The molecule has 2 heterocycles. The van der Waals surface area contributed by atoms with Crippen molar-refractivity contribution in [3.8, 4) is 22.8 Å². The number of amides is 1. The van der Waals surface area contributed by atoms with Crippen LogP contribution in [0.1, 0.15) is 36.0 Å². The van der Waals surface area contributed by atoms with E-state index in [1.165, 1.54) is 12.8 Å². The first-order valence-corrected chi connectivity index (χ1v) is 10.1. The zero-order chi connectivity index (χ0) is 18.6. The largest absolute Gasteiger partial charge is 0.436 e. The highest BCUT2D eigenvalue weighted by molar-refractivity contribution is 9.10. The van der Waals surface area contributed by atoms with Crippen LogP contribution >= 0.6 is 15.9 Å². The third-order valence-electron chi connectivity index (χ3n) is 4.92. The van der Waals surface area contributed by atoms with Crippen LogP contribution in [0.4, 0.5) is 0 Å². The fraction of sp³-hybridized carbons (Fsp3) is 0.273. The summed E-state index contributed by atoms with van der Waals surface area (Å²) in [6, 6.07) is 15.5. The lowest BCUT2D eigenvalue weighted by Crippen LogP contribution is -2.32. The number of hydrogen-bond donors (Lipinski definition) is 0. The number of benzene rings is 2. The number of rotatable bonds is 3. The van der Waals surface area contributed by atoms with E-state index in [4.69, 9.17) is 4.42 Å². The third-order valence-corrected chi connectivity index (χ3v) is 5.44. The summed E-state index contributed by atoms with van der Waals surface area (Å²) in [4.78, 5) is 19.5. The minimum atomic E-state index is 0.0656. The Morgan fingerprint density at radius 3 is 2.41 bits per heavy atom. The van der Waals surface area contributed by atoms with Crippen LogP contribution in [0.2, 0.25) is 0 Å². The summed E-state index contributed by atoms with van der Waals surface area (Å²) in [5.41, 5.74) is 2.35. The van der Waals surface area contributed by atoms with Gasteiger partial charge in [-0.15, -0.1) is 0 Å². The Kier molecular flexibility index (Phi) is 5.39. The van der Waals surface area contributed by atoms with E-state index >= 15 is 0 Å². The number of halogens is 1. The minimum absolute atomic E-state index is 0.0656. The molecule has 5 heteroatoms. The van der Waals surface area contributed by atoms with E-state index in [9.17, 15) is 4.79 Å². The summed E-state index contributed by atoms with van der Waals surface area (Å²) in [5, 5.41) is 0. The van der Waals surface area contributed by atoms with Gasteiger partial charge in [0.25, 0.3) is 5.91 Å². The molecule has 1 aliphatic heterocycles. The smallest absolute Gasteiger partial charge is 0.254 e. The summed E-state index contributed by atoms with van der Waals surface area (Å²) in [6.45, 7) is 1.64. The lowest BCUT2D eigenvalue weighted by atomic mass is 10.1. The average Bonchev–Trinajstić information content (AvgIpc) is 3.03. The number of oxazole rings is 1. The van der Waals surface area contributed by atoms with Crippen molar-refractivity contribution in [1.82, 2.24) is 9.88 Å². The van der Waals surface area contributed by atoms with Gasteiger partial charge >= 0.3 is 0 Å². The summed E-state index contributed by atoms with van der Waals surface area (Å²) in [5.74, 6) is 1.23. The van der Waals surface area contributed by atoms with Crippen LogP contribution < -0.4 is 0 Å². The second kappa shape index (κ2) is 8.09. The van der Waals surface area contributed by atoms with Crippen LogP contribution in [0.5, 0.6) is 0 Å². The quantitative estimate of drug-likeness (QED) is 0.534. The Morgan fingerprint density at radius 2 is 1.67 bits per heavy atom. The first-order chi connectivity index (χ1) is 13.2. The molecule has 1 saturated heterocycles. The molecule has 0 N–H and O–H groups in total. The number of likely N-dealkylation sites (tertiary alicyclic amines) is 1. The van der Waals surface area contributed by atoms with Crippen LogP contribution in [-0.2, 0) is 0 Å². The first kappa shape index (κ1) is 18.0. The molecule has 1 fully saturated rings. The molecule has 0 radical (unpaired) electrons. The van der Waals surface area contributed by atoms with Crippen molar-refractivity contribution in [2.45, 2.75) is 25.7 Å². The van der Waals surface area contributed by atoms with Crippen LogP contribution in [0.3, 0.4) is 0 Å². The lowest BCUT2D eigenvalue weighted by Gasteiger charge is -2.21. The molecule has 1 aliphatic rings. The summed E-state index contributed by atoms with van der Waals surface area (Å²) in [7, 11) is 0. The van der Waals surface area contributed by atoms with E-state index in [-0.39, 0.29) is 5.91 Å². The monoisotopic (exact) mass is 424 g/mol. The minimum Gasteiger partial charge on any atom is -0.436 e. The molecule has 1 aromatic heterocycles. The van der Waals surface area contributed by atoms with Crippen molar-refractivity contribution in [3.63, 3.8) is 0 Å². The third kappa shape index (κ3) is 3.98. The maximum absolute atomic E-state index is 13.1. The van der Waals surface area contributed by atoms with Gasteiger partial charge in [0.2, 0.25) is 5.89 Å². The Bertz CT molecular complexity index is 925. The fourth-order valence-electron chi connectivity index (χ4n) is 3.45. The van der Waals surface area contributed by atoms with Crippen LogP contribution in [0.15, 0.2) is 63.6 Å². The van der Waals surface area contributed by atoms with Gasteiger partial charge in [0.05, 0.1) is 11.8 Å². The molecule has 4 rings (SSSR count). The number of nitrogens with zero attached hydrogens (tertiary/aromatic N) is 2. The van der Waals surface area contributed by atoms with Crippen molar-refractivity contribution >= 4 is 21.8 Å². The van der Waals surface area contributed by atoms with E-state index in [0.717, 1.165) is 41.5 Å². The van der Waals surface area contributed by atoms with Gasteiger partial charge in [-0.05, 0) is 37.1 Å². The molecule has 0 atom stereocenters. The predicted molar refractivity (Wildman–Crippen MR) is 109 cm³/mol. The predicted octanol–water partition coefficient (Wildman–Crippen LogP) is 5.79. The van der Waals surface area contributed by atoms with E-state index in [2.05, 4.69) is 20.9 Å². The topological polar surface area (TPSA) is 46.3 Å². The molecular formula is C22H21BrN2O2. The van der Waals surface area contributed by atoms with Crippen molar-refractivity contribution < 1.29 is 9.21 Å². The van der Waals surface area contributed by atoms with Gasteiger partial charge in [-0.25, -0.2) is 4.98 Å². The van der Waals surface area contributed by atoms with E-state index in [0.29, 0.717) is 17.2 Å². The summed E-state index contributed by atoms with van der Waals surface area (Å²) in [6.07, 6.45) is 6.25. The number of hydrogen-bond acceptors (Lipinski definition) is 3. The molecule has 0 bridgehead atoms. The van der Waals surface area contributed by atoms with E-state index in [1.54, 1.807) is 6.20 Å². The van der Waals surface area contributed by atoms with Gasteiger partial charge in [0.15, 0.2) is 5.76 Å². The maximum atomic E-state index is 13.1. The van der Waals surface area contributed by atoms with Crippen LogP contribution in [0, 0.1) is 0 Å². The molecule has 0 saturated carbocycles. The molecule has 0 spiro atoms. The van der Waals surface area contributed by atoms with Gasteiger partial charge in [-0.2, -0.15) is 0 Å². The highest BCUT2D eigenvalue weighted by atomic mass is 79.9. The molecule has 0 unspecified atom stereocenters. The zero-order valence-electron chi connectivity index (χ0n) is 15.0. The normalized spacial score (nSPS) is 14.8. The zero-order valence-corrected chi connectivity index (χ0v) is 16.6. The summed E-state index contributed by atoms with van der Waals surface area (Å²) < 4.78 is 7.01. The molecule has 2 aromatic carbocycles. The molecule has 27 heavy (non-hydrogen) atoms. The number of carbonyl (C=O) groups is 1. The molecule has 3 aromatic rings. The molecular weight excluding hydrogens is 404 g/mol. The van der Waals surface area contributed by atoms with E-state index < -0.39 is 0 Å². The molecule has 4 nitrogen and oxygen atoms in total. The van der Waals surface area contributed by atoms with Crippen LogP contribution in [0.25, 0.3) is 22.8 Å². The Morgan fingerprint density at radius 1 is 0.963 bits per heavy atom. The molecule has 138 valence electrons. The fourth-order valence-corrected chi connectivity index (χ4v) is 3.71. The SMILES string of the molecule is O=C(c1ccccc1-c1ncc(-c2ccc(Br)cc2)o1)N1CCCCCC1. The van der Waals surface area contributed by atoms with Gasteiger partial charge < -0.3 is 9.32 Å². The molecule has 1 amide bonds. The van der Waals surface area contributed by atoms with Crippen molar-refractivity contribution in [2.24, 2.45) is 0 Å². The van der Waals surface area contributed by atoms with Gasteiger partial charge in [0.1, 0.15) is 0 Å². The maximum Gasteiger partial charge on any atom is 0.254 e. The van der Waals surface area contributed by atoms with Crippen LogP contribution in [-0.4, -0.2) is 28.9 Å². The average molecular weight is 425 g/mol. The van der Waals surface area contributed by atoms with Crippen molar-refractivity contribution in [1.29, 1.82) is 0 Å². The van der Waals surface area contributed by atoms with Gasteiger partial charge in [-0.3, -0.25) is 4.79 Å². The number of carbonyl (C=O) groups excluding carboxylic acids is 1. The van der Waals surface area contributed by atoms with Gasteiger partial charge in [-0.1, -0.05) is 53.0 Å². The second-order valence-electron chi connectivity index (χ2n) is 6.79. The van der Waals surface area contributed by atoms with Crippen molar-refractivity contribution in [2.75, 3.05) is 13.1 Å². The first-order valence-electron chi connectivity index (χ1n) is 9.33. The van der Waals surface area contributed by atoms with Crippen molar-refractivity contribution in [3.05, 3.63) is 64.8 Å². The second-order valence-corrected chi connectivity index (χ2v) is 7.70. The Labute approximate surface area is 167 Å².